The van der Waals surface area contributed by atoms with Crippen LogP contribution in [-0.2, 0) is 6.42 Å². The van der Waals surface area contributed by atoms with Crippen molar-refractivity contribution in [2.45, 2.75) is 19.4 Å². The van der Waals surface area contributed by atoms with Crippen molar-refractivity contribution in [1.82, 2.24) is 4.98 Å². The molecule has 0 aliphatic carbocycles. The van der Waals surface area contributed by atoms with Gasteiger partial charge in [-0.05, 0) is 18.1 Å². The molecular weight excluding hydrogens is 244 g/mol. The van der Waals surface area contributed by atoms with Gasteiger partial charge in [-0.2, -0.15) is 0 Å². The van der Waals surface area contributed by atoms with Crippen molar-refractivity contribution in [2.24, 2.45) is 0 Å². The van der Waals surface area contributed by atoms with Crippen molar-refractivity contribution in [3.63, 3.8) is 0 Å². The lowest BCUT2D eigenvalue weighted by molar-refractivity contribution is -0.385. The second-order valence-corrected chi connectivity index (χ2v) is 4.34. The summed E-state index contributed by atoms with van der Waals surface area (Å²) in [5.74, 6) is 0. The maximum Gasteiger partial charge on any atom is 0.287 e. The van der Waals surface area contributed by atoms with Gasteiger partial charge in [0.05, 0.1) is 11.0 Å². The Morgan fingerprint density at radius 2 is 2.05 bits per heavy atom. The minimum absolute atomic E-state index is 0.0320. The number of benzene rings is 1. The Hall–Kier alpha value is -2.27. The number of aliphatic hydroxyl groups is 1. The zero-order valence-corrected chi connectivity index (χ0v) is 10.5. The highest BCUT2D eigenvalue weighted by Gasteiger charge is 2.14. The number of aryl methyl sites for hydroxylation is 1. The van der Waals surface area contributed by atoms with E-state index in [0.29, 0.717) is 17.7 Å². The third kappa shape index (κ3) is 3.14. The third-order valence-corrected chi connectivity index (χ3v) is 2.95. The van der Waals surface area contributed by atoms with Crippen LogP contribution in [0.1, 0.15) is 22.9 Å². The molecule has 1 N–H and O–H groups in total. The molecule has 0 radical (unpaired) electrons. The molecule has 5 heteroatoms. The van der Waals surface area contributed by atoms with E-state index < -0.39 is 11.0 Å². The summed E-state index contributed by atoms with van der Waals surface area (Å²) in [7, 11) is 0. The molecule has 1 aromatic carbocycles. The zero-order valence-electron chi connectivity index (χ0n) is 10.5. The molecule has 1 aromatic heterocycles. The van der Waals surface area contributed by atoms with Crippen LogP contribution in [-0.4, -0.2) is 15.0 Å². The predicted molar refractivity (Wildman–Crippen MR) is 70.7 cm³/mol. The molecule has 1 heterocycles. The normalized spacial score (nSPS) is 12.1. The average molecular weight is 258 g/mol. The first-order valence-corrected chi connectivity index (χ1v) is 5.91. The maximum absolute atomic E-state index is 10.6. The Morgan fingerprint density at radius 3 is 2.63 bits per heavy atom. The number of nitrogens with zero attached hydrogens (tertiary/aromatic N) is 2. The van der Waals surface area contributed by atoms with Gasteiger partial charge in [0.15, 0.2) is 0 Å². The van der Waals surface area contributed by atoms with Gasteiger partial charge in [-0.25, -0.2) is 0 Å². The van der Waals surface area contributed by atoms with Gasteiger partial charge in [-0.1, -0.05) is 30.3 Å². The number of nitro groups is 1. The van der Waals surface area contributed by atoms with Gasteiger partial charge in [-0.15, -0.1) is 0 Å². The molecule has 0 amide bonds. The minimum atomic E-state index is -0.658. The smallest absolute Gasteiger partial charge is 0.287 e. The fourth-order valence-corrected chi connectivity index (χ4v) is 1.88. The number of aromatic nitrogens is 1. The number of aliphatic hydroxyl groups excluding tert-OH is 1. The highest BCUT2D eigenvalue weighted by molar-refractivity contribution is 5.34. The highest BCUT2D eigenvalue weighted by atomic mass is 16.6. The number of hydrogen-bond donors (Lipinski definition) is 1. The summed E-state index contributed by atoms with van der Waals surface area (Å²) in [6.45, 7) is 1.76. The molecule has 98 valence electrons. The fraction of sp³-hybridized carbons (Fsp3) is 0.214. The lowest BCUT2D eigenvalue weighted by atomic mass is 10.0. The van der Waals surface area contributed by atoms with Gasteiger partial charge in [0, 0.05) is 18.2 Å². The van der Waals surface area contributed by atoms with Crippen molar-refractivity contribution in [1.29, 1.82) is 0 Å². The van der Waals surface area contributed by atoms with Crippen molar-refractivity contribution in [2.75, 3.05) is 0 Å². The summed E-state index contributed by atoms with van der Waals surface area (Å²) in [4.78, 5) is 14.2. The van der Waals surface area contributed by atoms with Crippen LogP contribution in [0.4, 0.5) is 5.69 Å². The van der Waals surface area contributed by atoms with Gasteiger partial charge in [0.2, 0.25) is 0 Å². The summed E-state index contributed by atoms with van der Waals surface area (Å²) in [5, 5.41) is 20.7. The molecule has 5 nitrogen and oxygen atoms in total. The third-order valence-electron chi connectivity index (χ3n) is 2.95. The fourth-order valence-electron chi connectivity index (χ4n) is 1.88. The quantitative estimate of drug-likeness (QED) is 0.675. The Labute approximate surface area is 110 Å². The van der Waals surface area contributed by atoms with Crippen LogP contribution in [0.3, 0.4) is 0 Å². The van der Waals surface area contributed by atoms with E-state index in [9.17, 15) is 15.2 Å². The molecule has 0 saturated heterocycles. The second-order valence-electron chi connectivity index (χ2n) is 4.34. The highest BCUT2D eigenvalue weighted by Crippen LogP contribution is 2.21. The molecule has 2 aromatic rings. The molecule has 1 unspecified atom stereocenters. The van der Waals surface area contributed by atoms with Crippen LogP contribution in [0.15, 0.2) is 42.6 Å². The topological polar surface area (TPSA) is 76.3 Å². The molecule has 1 atom stereocenters. The summed E-state index contributed by atoms with van der Waals surface area (Å²) >= 11 is 0. The van der Waals surface area contributed by atoms with E-state index in [0.717, 1.165) is 5.56 Å². The molecule has 0 aliphatic rings. The number of rotatable bonds is 4. The predicted octanol–water partition coefficient (Wildman–Crippen LogP) is 2.57. The van der Waals surface area contributed by atoms with Crippen LogP contribution < -0.4 is 0 Å². The molecule has 0 spiro atoms. The molecule has 19 heavy (non-hydrogen) atoms. The Balaban J connectivity index is 2.18. The maximum atomic E-state index is 10.6. The van der Waals surface area contributed by atoms with Crippen molar-refractivity contribution < 1.29 is 10.0 Å². The minimum Gasteiger partial charge on any atom is -0.388 e. The van der Waals surface area contributed by atoms with E-state index in [-0.39, 0.29) is 5.69 Å². The summed E-state index contributed by atoms with van der Waals surface area (Å²) in [6.07, 6.45) is 0.905. The van der Waals surface area contributed by atoms with Crippen molar-refractivity contribution in [3.8, 4) is 0 Å². The number of pyridine rings is 1. The second kappa shape index (κ2) is 5.58. The van der Waals surface area contributed by atoms with Gasteiger partial charge in [0.25, 0.3) is 5.69 Å². The summed E-state index contributed by atoms with van der Waals surface area (Å²) < 4.78 is 0. The van der Waals surface area contributed by atoms with Crippen molar-refractivity contribution >= 4 is 5.69 Å². The zero-order chi connectivity index (χ0) is 13.8. The summed E-state index contributed by atoms with van der Waals surface area (Å²) in [5.41, 5.74) is 2.16. The first kappa shape index (κ1) is 13.2. The lowest BCUT2D eigenvalue weighted by Crippen LogP contribution is -2.05. The Bertz CT molecular complexity index is 584. The van der Waals surface area contributed by atoms with E-state index in [2.05, 4.69) is 4.98 Å². The Morgan fingerprint density at radius 1 is 1.37 bits per heavy atom. The summed E-state index contributed by atoms with van der Waals surface area (Å²) in [6, 6.07) is 10.7. The van der Waals surface area contributed by atoms with E-state index in [1.54, 1.807) is 6.92 Å². The molecule has 0 aliphatic heterocycles. The van der Waals surface area contributed by atoms with Crippen molar-refractivity contribution in [3.05, 3.63) is 69.5 Å². The lowest BCUT2D eigenvalue weighted by Gasteiger charge is -2.11. The number of hydrogen-bond acceptors (Lipinski definition) is 4. The molecule has 0 saturated carbocycles. The van der Waals surface area contributed by atoms with Gasteiger partial charge >= 0.3 is 0 Å². The van der Waals surface area contributed by atoms with Gasteiger partial charge in [0.1, 0.15) is 6.20 Å². The van der Waals surface area contributed by atoms with Crippen LogP contribution in [0, 0.1) is 17.0 Å². The standard InChI is InChI=1S/C14H14N2O3/c1-10-7-12(16(18)19)9-15-13(10)8-14(17)11-5-3-2-4-6-11/h2-7,9,14,17H,8H2,1H3. The van der Waals surface area contributed by atoms with Gasteiger partial charge in [-0.3, -0.25) is 15.1 Å². The van der Waals surface area contributed by atoms with E-state index in [1.807, 2.05) is 30.3 Å². The van der Waals surface area contributed by atoms with Crippen LogP contribution >= 0.6 is 0 Å². The first-order valence-electron chi connectivity index (χ1n) is 5.91. The Kier molecular flexibility index (Phi) is 3.87. The average Bonchev–Trinajstić information content (AvgIpc) is 2.41. The largest absolute Gasteiger partial charge is 0.388 e. The van der Waals surface area contributed by atoms with E-state index >= 15 is 0 Å². The SMILES string of the molecule is Cc1cc([N+](=O)[O-])cnc1CC(O)c1ccccc1. The monoisotopic (exact) mass is 258 g/mol. The molecular formula is C14H14N2O3. The molecule has 0 bridgehead atoms. The molecule has 2 rings (SSSR count). The molecule has 0 fully saturated rings. The van der Waals surface area contributed by atoms with Crippen LogP contribution in [0.5, 0.6) is 0 Å². The van der Waals surface area contributed by atoms with Crippen LogP contribution in [0.25, 0.3) is 0 Å². The first-order chi connectivity index (χ1) is 9.08. The van der Waals surface area contributed by atoms with Crippen LogP contribution in [0.2, 0.25) is 0 Å². The van der Waals surface area contributed by atoms with E-state index in [4.69, 9.17) is 0 Å². The van der Waals surface area contributed by atoms with Gasteiger partial charge < -0.3 is 5.11 Å². The van der Waals surface area contributed by atoms with E-state index in [1.165, 1.54) is 12.3 Å².